The van der Waals surface area contributed by atoms with Gasteiger partial charge in [0.2, 0.25) is 11.8 Å². The van der Waals surface area contributed by atoms with Gasteiger partial charge in [0.15, 0.2) is 5.88 Å². The largest absolute Gasteiger partial charge is 0.360 e. The Kier molecular flexibility index (Phi) is 11.0. The van der Waals surface area contributed by atoms with Crippen LogP contribution in [0.15, 0.2) is 30.6 Å². The summed E-state index contributed by atoms with van der Waals surface area (Å²) in [5, 5.41) is 7.81. The molecule has 0 bridgehead atoms. The number of sulfonamides is 2. The molecule has 50 heavy (non-hydrogen) atoms. The number of carbonyl (C=O) groups is 2. The van der Waals surface area contributed by atoms with Crippen LogP contribution in [0.3, 0.4) is 0 Å². The zero-order valence-electron chi connectivity index (χ0n) is 30.0. The van der Waals surface area contributed by atoms with Gasteiger partial charge in [-0.2, -0.15) is 4.40 Å². The number of hydrogen-bond donors (Lipinski definition) is 1. The van der Waals surface area contributed by atoms with Crippen molar-refractivity contribution in [3.8, 4) is 0 Å². The van der Waals surface area contributed by atoms with Crippen LogP contribution in [0, 0.1) is 37.5 Å². The van der Waals surface area contributed by atoms with Crippen LogP contribution in [0.4, 0.5) is 0 Å². The topological polar surface area (TPSA) is 198 Å². The fraction of sp³-hybridized carbons (Fsp3) is 0.697. The highest BCUT2D eigenvalue weighted by molar-refractivity contribution is 7.90. The summed E-state index contributed by atoms with van der Waals surface area (Å²) >= 11 is 0. The Labute approximate surface area is 294 Å². The highest BCUT2D eigenvalue weighted by Crippen LogP contribution is 2.35. The molecule has 2 aromatic heterocycles. The lowest BCUT2D eigenvalue weighted by molar-refractivity contribution is -0.135. The van der Waals surface area contributed by atoms with Crippen molar-refractivity contribution in [2.45, 2.75) is 98.6 Å². The highest BCUT2D eigenvalue weighted by Gasteiger charge is 2.44. The number of carbonyl (C=O) groups excluding carboxylic acids is 2. The second kappa shape index (κ2) is 14.6. The number of hydrogen-bond acceptors (Lipinski definition) is 11. The van der Waals surface area contributed by atoms with Crippen LogP contribution in [-0.2, 0) is 29.6 Å². The predicted octanol–water partition coefficient (Wildman–Crippen LogP) is 3.38. The van der Waals surface area contributed by atoms with Gasteiger partial charge in [0, 0.05) is 31.6 Å². The molecule has 2 aromatic rings. The second-order valence-electron chi connectivity index (χ2n) is 14.9. The molecule has 0 radical (unpaired) electrons. The molecule has 1 N–H and O–H groups in total. The number of nitrogens with zero attached hydrogens (tertiary/aromatic N) is 6. The minimum Gasteiger partial charge on any atom is -0.360 e. The maximum atomic E-state index is 13.3. The smallest absolute Gasteiger partial charge is 0.254 e. The number of nitrogens with one attached hydrogen (secondary N) is 1. The third-order valence-corrected chi connectivity index (χ3v) is 11.8. The van der Waals surface area contributed by atoms with Crippen LogP contribution < -0.4 is 4.72 Å². The minimum absolute atomic E-state index is 0.0265. The van der Waals surface area contributed by atoms with Crippen molar-refractivity contribution in [3.63, 3.8) is 0 Å². The van der Waals surface area contributed by atoms with Crippen LogP contribution >= 0.6 is 0 Å². The van der Waals surface area contributed by atoms with Crippen LogP contribution in [-0.4, -0.2) is 97.1 Å². The van der Waals surface area contributed by atoms with E-state index in [2.05, 4.69) is 31.3 Å². The summed E-state index contributed by atoms with van der Waals surface area (Å²) in [4.78, 5) is 34.2. The van der Waals surface area contributed by atoms with E-state index in [4.69, 9.17) is 9.05 Å². The summed E-state index contributed by atoms with van der Waals surface area (Å²) in [5.74, 6) is 0.922. The standard InChI is InChI=1S/C17H25N3O4S.C16H24N4O4S/c1-10(2)16(15-8-12(4)18-24-15)17(21)20-9-11(3)7-14(20)13-5-6-25(22,23)19-13;1-9(2)14(13-6-11(4)18-24-13)16(21)20-7-10(3)5-12(20)15-17-8-25(22,23)19-15/h8,10-11,14,16H,5-7,9H2,1-4H3;6,9-10,12,14H,5,7-8H2,1-4H3,(H,17,19)/t11-,14+,16?;10-,12+,14?/m11/s1. The van der Waals surface area contributed by atoms with Crippen molar-refractivity contribution in [2.75, 3.05) is 24.7 Å². The summed E-state index contributed by atoms with van der Waals surface area (Å²) in [7, 11) is -6.77. The molecule has 6 heterocycles. The van der Waals surface area contributed by atoms with Crippen LogP contribution in [0.1, 0.15) is 95.5 Å². The van der Waals surface area contributed by atoms with Gasteiger partial charge in [-0.25, -0.2) is 16.8 Å². The van der Waals surface area contributed by atoms with E-state index in [0.29, 0.717) is 54.9 Å². The average molecular weight is 736 g/mol. The first-order valence-corrected chi connectivity index (χ1v) is 20.5. The fourth-order valence-electron chi connectivity index (χ4n) is 7.32. The third kappa shape index (κ3) is 8.30. The maximum Gasteiger partial charge on any atom is 0.254 e. The Balaban J connectivity index is 0.000000194. The first-order chi connectivity index (χ1) is 23.4. The third-order valence-electron chi connectivity index (χ3n) is 9.60. The van der Waals surface area contributed by atoms with Gasteiger partial charge >= 0.3 is 0 Å². The molecule has 0 saturated carbocycles. The summed E-state index contributed by atoms with van der Waals surface area (Å²) in [6, 6.07) is 3.01. The van der Waals surface area contributed by atoms with Crippen molar-refractivity contribution in [3.05, 3.63) is 35.0 Å². The van der Waals surface area contributed by atoms with Gasteiger partial charge in [-0.1, -0.05) is 51.9 Å². The van der Waals surface area contributed by atoms with E-state index in [1.807, 2.05) is 48.5 Å². The highest BCUT2D eigenvalue weighted by atomic mass is 32.2. The van der Waals surface area contributed by atoms with Gasteiger partial charge in [-0.15, -0.1) is 0 Å². The number of amidine groups is 1. The summed E-state index contributed by atoms with van der Waals surface area (Å²) in [6.07, 6.45) is 1.85. The van der Waals surface area contributed by atoms with Crippen LogP contribution in [0.25, 0.3) is 0 Å². The van der Waals surface area contributed by atoms with Gasteiger partial charge in [0.1, 0.15) is 29.2 Å². The average Bonchev–Trinajstić information content (AvgIpc) is 3.86. The molecule has 2 amide bonds. The molecule has 0 aliphatic carbocycles. The molecule has 2 unspecified atom stereocenters. The molecule has 17 heteroatoms. The molecular formula is C33H49N7O8S2. The molecule has 0 spiro atoms. The maximum absolute atomic E-state index is 13.3. The molecule has 2 fully saturated rings. The Hall–Kier alpha value is -3.60. The Morgan fingerprint density at radius 2 is 1.30 bits per heavy atom. The lowest BCUT2D eigenvalue weighted by atomic mass is 9.91. The zero-order valence-corrected chi connectivity index (χ0v) is 31.6. The molecule has 4 aliphatic heterocycles. The molecule has 6 rings (SSSR count). The summed E-state index contributed by atoms with van der Waals surface area (Å²) in [6.45, 7) is 16.8. The first kappa shape index (κ1) is 37.7. The number of aliphatic imine (C=N–C) groups is 1. The predicted molar refractivity (Wildman–Crippen MR) is 186 cm³/mol. The first-order valence-electron chi connectivity index (χ1n) is 17.2. The van der Waals surface area contributed by atoms with E-state index in [9.17, 15) is 26.4 Å². The van der Waals surface area contributed by atoms with Gasteiger partial charge in [-0.3, -0.25) is 19.3 Å². The van der Waals surface area contributed by atoms with E-state index in [1.165, 1.54) is 0 Å². The number of likely N-dealkylation sites (tertiary alicyclic amines) is 2. The van der Waals surface area contributed by atoms with Crippen molar-refractivity contribution >= 4 is 43.4 Å². The Bertz CT molecular complexity index is 1860. The summed E-state index contributed by atoms with van der Waals surface area (Å²) in [5.41, 5.74) is 2.09. The molecule has 6 atom stereocenters. The van der Waals surface area contributed by atoms with E-state index >= 15 is 0 Å². The summed E-state index contributed by atoms with van der Waals surface area (Å²) < 4.78 is 63.9. The van der Waals surface area contributed by atoms with E-state index in [0.717, 1.165) is 17.8 Å². The van der Waals surface area contributed by atoms with E-state index in [1.54, 1.807) is 21.9 Å². The van der Waals surface area contributed by atoms with Crippen LogP contribution in [0.5, 0.6) is 0 Å². The Morgan fingerprint density at radius 3 is 1.68 bits per heavy atom. The zero-order chi connectivity index (χ0) is 36.7. The van der Waals surface area contributed by atoms with E-state index in [-0.39, 0.29) is 53.3 Å². The lowest BCUT2D eigenvalue weighted by Crippen LogP contribution is -2.47. The Morgan fingerprint density at radius 1 is 0.820 bits per heavy atom. The molecule has 0 aromatic carbocycles. The van der Waals surface area contributed by atoms with Crippen LogP contribution in [0.2, 0.25) is 0 Å². The molecule has 4 aliphatic rings. The van der Waals surface area contributed by atoms with Crippen molar-refractivity contribution in [1.82, 2.24) is 24.8 Å². The monoisotopic (exact) mass is 735 g/mol. The SMILES string of the molecule is Cc1cc(C(C(=O)N2C[C@H](C)C[C@H]2C2=NCS(=O)(=O)N2)C(C)C)on1.Cc1cc(C(C(=O)N2C[C@H](C)C[C@H]2C2=NS(=O)(=O)CC2)C(C)C)on1. The molecular weight excluding hydrogens is 687 g/mol. The van der Waals surface area contributed by atoms with Gasteiger partial charge in [0.05, 0.1) is 34.9 Å². The van der Waals surface area contributed by atoms with Gasteiger partial charge in [0.25, 0.3) is 20.0 Å². The van der Waals surface area contributed by atoms with Gasteiger partial charge in [-0.05, 0) is 50.4 Å². The van der Waals surface area contributed by atoms with Gasteiger partial charge < -0.3 is 18.8 Å². The minimum atomic E-state index is -3.41. The number of aromatic nitrogens is 2. The quantitative estimate of drug-likeness (QED) is 0.420. The number of amides is 2. The lowest BCUT2D eigenvalue weighted by Gasteiger charge is -2.29. The molecule has 2 saturated heterocycles. The van der Waals surface area contributed by atoms with Crippen molar-refractivity contribution in [2.24, 2.45) is 33.1 Å². The van der Waals surface area contributed by atoms with E-state index < -0.39 is 31.9 Å². The van der Waals surface area contributed by atoms with Crippen molar-refractivity contribution in [1.29, 1.82) is 0 Å². The normalized spacial score (nSPS) is 26.8. The molecule has 15 nitrogen and oxygen atoms in total. The number of rotatable bonds is 8. The molecule has 276 valence electrons. The fourth-order valence-corrected chi connectivity index (χ4v) is 9.35. The second-order valence-corrected chi connectivity index (χ2v) is 18.3. The van der Waals surface area contributed by atoms with Crippen molar-refractivity contribution < 1.29 is 35.5 Å². The number of aryl methyl sites for hydroxylation is 2.